The second-order valence-corrected chi connectivity index (χ2v) is 9.48. The summed E-state index contributed by atoms with van der Waals surface area (Å²) in [5.41, 5.74) is -2.81. The quantitative estimate of drug-likeness (QED) is 0.460. The number of benzene rings is 1. The zero-order valence-corrected chi connectivity index (χ0v) is 18.4. The van der Waals surface area contributed by atoms with Crippen molar-refractivity contribution in [3.63, 3.8) is 0 Å². The van der Waals surface area contributed by atoms with Gasteiger partial charge in [0.05, 0.1) is 12.7 Å². The number of H-pyrrole nitrogens is 1. The highest BCUT2D eigenvalue weighted by atomic mass is 31.2. The molecular weight excluding hydrogens is 432 g/mol. The molecule has 0 aliphatic carbocycles. The van der Waals surface area contributed by atoms with Gasteiger partial charge in [0.25, 0.3) is 5.56 Å². The van der Waals surface area contributed by atoms with E-state index >= 15 is 0 Å². The monoisotopic (exact) mass is 457 g/mol. The number of hydrogen-bond donors (Lipinski definition) is 3. The highest BCUT2D eigenvalue weighted by molar-refractivity contribution is 7.57. The Morgan fingerprint density at radius 1 is 1.32 bits per heavy atom. The second-order valence-electron chi connectivity index (χ2n) is 7.46. The molecule has 12 heteroatoms. The molecule has 0 fully saturated rings. The summed E-state index contributed by atoms with van der Waals surface area (Å²) in [7, 11) is -2.45. The molecule has 2 rings (SSSR count). The van der Waals surface area contributed by atoms with Crippen LogP contribution < -0.4 is 20.9 Å². The Labute approximate surface area is 177 Å². The van der Waals surface area contributed by atoms with Crippen molar-refractivity contribution in [1.82, 2.24) is 14.6 Å². The molecule has 170 valence electrons. The molecule has 0 amide bonds. The fourth-order valence-electron chi connectivity index (χ4n) is 2.65. The second kappa shape index (κ2) is 9.59. The van der Waals surface area contributed by atoms with Crippen LogP contribution >= 0.6 is 7.52 Å². The van der Waals surface area contributed by atoms with E-state index in [4.69, 9.17) is 9.26 Å². The average Bonchev–Trinajstić information content (AvgIpc) is 2.67. The molecule has 2 unspecified atom stereocenters. The van der Waals surface area contributed by atoms with E-state index in [0.717, 1.165) is 10.8 Å². The summed E-state index contributed by atoms with van der Waals surface area (Å²) < 4.78 is 38.2. The molecule has 3 N–H and O–H groups in total. The van der Waals surface area contributed by atoms with Crippen LogP contribution in [0.1, 0.15) is 26.3 Å². The van der Waals surface area contributed by atoms with Crippen molar-refractivity contribution >= 4 is 13.5 Å². The lowest BCUT2D eigenvalue weighted by Gasteiger charge is -2.34. The number of carboxylic acids is 1. The normalized spacial score (nSPS) is 15.3. The Morgan fingerprint density at radius 2 is 1.94 bits per heavy atom. The highest BCUT2D eigenvalue weighted by Gasteiger charge is 2.43. The predicted molar refractivity (Wildman–Crippen MR) is 111 cm³/mol. The van der Waals surface area contributed by atoms with Crippen molar-refractivity contribution in [1.29, 1.82) is 0 Å². The predicted octanol–water partition coefficient (Wildman–Crippen LogP) is 1.99. The number of nitrogens with zero attached hydrogens (tertiary/aromatic N) is 1. The Kier molecular flexibility index (Phi) is 7.58. The fraction of sp³-hybridized carbons (Fsp3) is 0.421. The van der Waals surface area contributed by atoms with Crippen LogP contribution in [0.25, 0.3) is 0 Å². The largest absolute Gasteiger partial charge is 0.480 e. The Hall–Kier alpha value is -2.75. The van der Waals surface area contributed by atoms with Gasteiger partial charge in [0.15, 0.2) is 0 Å². The van der Waals surface area contributed by atoms with E-state index in [-0.39, 0.29) is 18.6 Å². The number of hydrogen-bond acceptors (Lipinski definition) is 6. The molecule has 1 heterocycles. The van der Waals surface area contributed by atoms with E-state index in [9.17, 15) is 28.4 Å². The van der Waals surface area contributed by atoms with Gasteiger partial charge < -0.3 is 14.4 Å². The van der Waals surface area contributed by atoms with Crippen molar-refractivity contribution in [3.8, 4) is 5.75 Å². The first-order valence-corrected chi connectivity index (χ1v) is 11.1. The van der Waals surface area contributed by atoms with Gasteiger partial charge in [-0.2, -0.15) is 4.39 Å². The summed E-state index contributed by atoms with van der Waals surface area (Å²) in [6.07, 6.45) is 0.442. The topological polar surface area (TPSA) is 140 Å². The summed E-state index contributed by atoms with van der Waals surface area (Å²) in [6, 6.07) is 6.06. The van der Waals surface area contributed by atoms with Gasteiger partial charge in [0.2, 0.25) is 5.82 Å². The fourth-order valence-corrected chi connectivity index (χ4v) is 4.68. The number of aliphatic carboxylic acids is 1. The van der Waals surface area contributed by atoms with E-state index in [1.54, 1.807) is 26.0 Å². The summed E-state index contributed by atoms with van der Waals surface area (Å²) in [4.78, 5) is 36.5. The van der Waals surface area contributed by atoms with Crippen LogP contribution in [0.2, 0.25) is 0 Å². The lowest BCUT2D eigenvalue weighted by molar-refractivity contribution is -0.145. The third-order valence-corrected chi connectivity index (χ3v) is 6.71. The maximum atomic E-state index is 13.4. The molecule has 31 heavy (non-hydrogen) atoms. The van der Waals surface area contributed by atoms with E-state index in [2.05, 4.69) is 5.09 Å². The number of carbonyl (C=O) groups is 1. The third kappa shape index (κ3) is 5.90. The SMILES string of the molecule is COCP(=O)(NC(C)(C(=O)O)C(C)C)Oc1ccc(Cn2cc(F)c(=O)[nH]c2=O)cc1. The summed E-state index contributed by atoms with van der Waals surface area (Å²) in [5.74, 6) is -2.50. The number of aromatic nitrogens is 2. The van der Waals surface area contributed by atoms with Crippen LogP contribution in [-0.4, -0.2) is 39.6 Å². The van der Waals surface area contributed by atoms with Crippen molar-refractivity contribution in [2.24, 2.45) is 5.92 Å². The Morgan fingerprint density at radius 3 is 2.45 bits per heavy atom. The third-order valence-electron chi connectivity index (χ3n) is 4.80. The van der Waals surface area contributed by atoms with E-state index < -0.39 is 42.0 Å². The van der Waals surface area contributed by atoms with Crippen molar-refractivity contribution in [2.75, 3.05) is 13.5 Å². The van der Waals surface area contributed by atoms with Gasteiger partial charge in [-0.15, -0.1) is 0 Å². The molecule has 0 spiro atoms. The number of ether oxygens (including phenoxy) is 1. The van der Waals surface area contributed by atoms with Crippen molar-refractivity contribution in [2.45, 2.75) is 32.9 Å². The molecule has 0 saturated carbocycles. The number of methoxy groups -OCH3 is 1. The Bertz CT molecular complexity index is 1100. The average molecular weight is 457 g/mol. The molecule has 0 radical (unpaired) electrons. The molecule has 0 bridgehead atoms. The molecule has 0 saturated heterocycles. The van der Waals surface area contributed by atoms with Crippen LogP contribution in [0.4, 0.5) is 4.39 Å². The van der Waals surface area contributed by atoms with E-state index in [1.165, 1.54) is 26.2 Å². The first-order valence-electron chi connectivity index (χ1n) is 9.29. The minimum Gasteiger partial charge on any atom is -0.480 e. The molecule has 0 aliphatic heterocycles. The Balaban J connectivity index is 2.23. The number of carboxylic acid groups (broad SMARTS) is 1. The van der Waals surface area contributed by atoms with Gasteiger partial charge in [0, 0.05) is 7.11 Å². The number of halogens is 1. The van der Waals surface area contributed by atoms with Gasteiger partial charge in [-0.3, -0.25) is 23.7 Å². The van der Waals surface area contributed by atoms with E-state index in [0.29, 0.717) is 5.56 Å². The van der Waals surface area contributed by atoms with Crippen LogP contribution in [0.3, 0.4) is 0 Å². The zero-order valence-electron chi connectivity index (χ0n) is 17.5. The summed E-state index contributed by atoms with van der Waals surface area (Å²) >= 11 is 0. The van der Waals surface area contributed by atoms with Gasteiger partial charge in [-0.1, -0.05) is 26.0 Å². The maximum Gasteiger partial charge on any atom is 0.342 e. The van der Waals surface area contributed by atoms with Gasteiger partial charge >= 0.3 is 19.2 Å². The number of aromatic amines is 1. The maximum absolute atomic E-state index is 13.4. The lowest BCUT2D eigenvalue weighted by atomic mass is 9.90. The molecular formula is C19H25FN3O7P. The molecule has 0 aliphatic rings. The van der Waals surface area contributed by atoms with Crippen LogP contribution in [0, 0.1) is 11.7 Å². The zero-order chi connectivity index (χ0) is 23.4. The van der Waals surface area contributed by atoms with Crippen LogP contribution in [0.5, 0.6) is 5.75 Å². The van der Waals surface area contributed by atoms with Crippen molar-refractivity contribution in [3.05, 3.63) is 62.7 Å². The smallest absolute Gasteiger partial charge is 0.342 e. The van der Waals surface area contributed by atoms with Crippen molar-refractivity contribution < 1.29 is 28.1 Å². The molecule has 1 aromatic carbocycles. The standard InChI is InChI=1S/C19H25FN3O7P/c1-12(2)19(3,17(25)26)22-31(28,11-29-4)30-14-7-5-13(6-8-14)9-23-10-15(20)16(24)21-18(23)27/h5-8,10,12H,9,11H2,1-4H3,(H,22,28)(H,25,26)(H,21,24,27). The summed E-state index contributed by atoms with van der Waals surface area (Å²) in [5, 5.41) is 12.2. The molecule has 1 aromatic heterocycles. The van der Waals surface area contributed by atoms with E-state index in [1.807, 2.05) is 4.98 Å². The molecule has 2 aromatic rings. The first-order chi connectivity index (χ1) is 14.4. The lowest BCUT2D eigenvalue weighted by Crippen LogP contribution is -2.52. The van der Waals surface area contributed by atoms with Gasteiger partial charge in [-0.25, -0.2) is 9.88 Å². The first kappa shape index (κ1) is 24.5. The minimum atomic E-state index is -3.77. The van der Waals surface area contributed by atoms with Gasteiger partial charge in [-0.05, 0) is 30.5 Å². The minimum absolute atomic E-state index is 0.0226. The highest BCUT2D eigenvalue weighted by Crippen LogP contribution is 2.46. The molecule has 10 nitrogen and oxygen atoms in total. The van der Waals surface area contributed by atoms with Gasteiger partial charge in [0.1, 0.15) is 17.6 Å². The summed E-state index contributed by atoms with van der Waals surface area (Å²) in [6.45, 7) is 4.74. The molecule has 2 atom stereocenters. The van der Waals surface area contributed by atoms with Crippen LogP contribution in [0.15, 0.2) is 40.1 Å². The number of rotatable bonds is 10. The van der Waals surface area contributed by atoms with Crippen LogP contribution in [-0.2, 0) is 20.6 Å². The number of nitrogens with one attached hydrogen (secondary N) is 2.